The summed E-state index contributed by atoms with van der Waals surface area (Å²) >= 11 is 0. The van der Waals surface area contributed by atoms with Crippen molar-refractivity contribution in [1.29, 1.82) is 0 Å². The number of benzene rings is 2. The third-order valence-corrected chi connectivity index (χ3v) is 5.65. The third kappa shape index (κ3) is 4.54. The van der Waals surface area contributed by atoms with Crippen LogP contribution in [0.25, 0.3) is 0 Å². The molecule has 3 N–H and O–H groups in total. The Morgan fingerprint density at radius 2 is 1.75 bits per heavy atom. The van der Waals surface area contributed by atoms with Crippen LogP contribution >= 0.6 is 0 Å². The van der Waals surface area contributed by atoms with E-state index in [9.17, 15) is 14.4 Å². The van der Waals surface area contributed by atoms with Crippen LogP contribution in [-0.2, 0) is 13.6 Å². The Bertz CT molecular complexity index is 1190. The van der Waals surface area contributed by atoms with Gasteiger partial charge in [-0.25, -0.2) is 4.79 Å². The molecule has 1 heterocycles. The van der Waals surface area contributed by atoms with E-state index in [2.05, 4.69) is 15.7 Å². The second-order valence-corrected chi connectivity index (χ2v) is 7.96. The number of hydrogen-bond acceptors (Lipinski definition) is 4. The summed E-state index contributed by atoms with van der Waals surface area (Å²) in [4.78, 5) is 36.2. The van der Waals surface area contributed by atoms with E-state index < -0.39 is 5.97 Å². The summed E-state index contributed by atoms with van der Waals surface area (Å²) in [5.74, 6) is -1.10. The van der Waals surface area contributed by atoms with Gasteiger partial charge in [-0.1, -0.05) is 12.1 Å². The number of aromatic carboxylic acids is 1. The van der Waals surface area contributed by atoms with Crippen LogP contribution < -0.4 is 10.6 Å². The predicted octanol–water partition coefficient (Wildman–Crippen LogP) is 3.49. The number of carboxylic acid groups (broad SMARTS) is 1. The van der Waals surface area contributed by atoms with Gasteiger partial charge < -0.3 is 15.7 Å². The molecule has 1 saturated carbocycles. The fraction of sp³-hybridized carbons (Fsp3) is 0.250. The number of carbonyl (C=O) groups is 3. The molecule has 0 saturated heterocycles. The number of anilines is 1. The molecule has 0 bridgehead atoms. The number of aromatic nitrogens is 2. The predicted molar refractivity (Wildman–Crippen MR) is 119 cm³/mol. The van der Waals surface area contributed by atoms with Crippen LogP contribution in [0.3, 0.4) is 0 Å². The summed E-state index contributed by atoms with van der Waals surface area (Å²) < 4.78 is 1.61. The summed E-state index contributed by atoms with van der Waals surface area (Å²) in [5.41, 5.74) is 4.31. The molecule has 8 nitrogen and oxygen atoms in total. The normalized spacial score (nSPS) is 12.9. The van der Waals surface area contributed by atoms with Gasteiger partial charge in [-0.2, -0.15) is 5.10 Å². The zero-order valence-electron chi connectivity index (χ0n) is 17.9. The SMILES string of the molecule is Cc1c(CNC(=O)c2cc(C3CC3)nn2C)cccc1NC(=O)c1ccc(C(=O)O)cc1. The first kappa shape index (κ1) is 21.3. The first-order valence-corrected chi connectivity index (χ1v) is 10.4. The molecule has 0 spiro atoms. The third-order valence-electron chi connectivity index (χ3n) is 5.65. The van der Waals surface area contributed by atoms with E-state index in [0.29, 0.717) is 29.4 Å². The van der Waals surface area contributed by atoms with Crippen LogP contribution in [0.2, 0.25) is 0 Å². The minimum atomic E-state index is -1.04. The van der Waals surface area contributed by atoms with Crippen molar-refractivity contribution in [1.82, 2.24) is 15.1 Å². The second-order valence-electron chi connectivity index (χ2n) is 7.96. The molecule has 0 radical (unpaired) electrons. The fourth-order valence-electron chi connectivity index (χ4n) is 3.52. The fourth-order valence-corrected chi connectivity index (χ4v) is 3.52. The van der Waals surface area contributed by atoms with Crippen molar-refractivity contribution in [3.8, 4) is 0 Å². The molecule has 0 atom stereocenters. The topological polar surface area (TPSA) is 113 Å². The lowest BCUT2D eigenvalue weighted by Crippen LogP contribution is -2.25. The van der Waals surface area contributed by atoms with Crippen molar-refractivity contribution >= 4 is 23.5 Å². The van der Waals surface area contributed by atoms with Gasteiger partial charge in [0.15, 0.2) is 0 Å². The second kappa shape index (κ2) is 8.66. The smallest absolute Gasteiger partial charge is 0.335 e. The largest absolute Gasteiger partial charge is 0.478 e. The lowest BCUT2D eigenvalue weighted by Gasteiger charge is -2.13. The number of hydrogen-bond donors (Lipinski definition) is 3. The maximum atomic E-state index is 12.6. The van der Waals surface area contributed by atoms with Gasteiger partial charge in [0.25, 0.3) is 11.8 Å². The zero-order valence-corrected chi connectivity index (χ0v) is 17.9. The first-order chi connectivity index (χ1) is 15.3. The maximum absolute atomic E-state index is 12.6. The van der Waals surface area contributed by atoms with Crippen LogP contribution in [0.4, 0.5) is 5.69 Å². The van der Waals surface area contributed by atoms with Gasteiger partial charge >= 0.3 is 5.97 Å². The molecular formula is C24H24N4O4. The van der Waals surface area contributed by atoms with Gasteiger partial charge in [0, 0.05) is 30.8 Å². The van der Waals surface area contributed by atoms with Crippen molar-refractivity contribution in [3.63, 3.8) is 0 Å². The van der Waals surface area contributed by atoms with Gasteiger partial charge in [-0.3, -0.25) is 14.3 Å². The highest BCUT2D eigenvalue weighted by Crippen LogP contribution is 2.39. The molecule has 3 aromatic rings. The summed E-state index contributed by atoms with van der Waals surface area (Å²) in [6, 6.07) is 13.1. The Balaban J connectivity index is 1.42. The lowest BCUT2D eigenvalue weighted by atomic mass is 10.1. The average molecular weight is 432 g/mol. The van der Waals surface area contributed by atoms with Crippen molar-refractivity contribution < 1.29 is 19.5 Å². The van der Waals surface area contributed by atoms with Crippen LogP contribution in [0.5, 0.6) is 0 Å². The van der Waals surface area contributed by atoms with Crippen LogP contribution in [-0.4, -0.2) is 32.7 Å². The number of rotatable bonds is 7. The molecule has 32 heavy (non-hydrogen) atoms. The van der Waals surface area contributed by atoms with Crippen molar-refractivity contribution in [2.45, 2.75) is 32.2 Å². The van der Waals surface area contributed by atoms with E-state index >= 15 is 0 Å². The average Bonchev–Trinajstić information content (AvgIpc) is 3.56. The van der Waals surface area contributed by atoms with Gasteiger partial charge in [0.2, 0.25) is 0 Å². The number of nitrogens with zero attached hydrogens (tertiary/aromatic N) is 2. The number of aryl methyl sites for hydroxylation is 1. The summed E-state index contributed by atoms with van der Waals surface area (Å²) in [6.45, 7) is 2.19. The van der Waals surface area contributed by atoms with Crippen molar-refractivity contribution in [2.75, 3.05) is 5.32 Å². The molecule has 1 aromatic heterocycles. The molecule has 1 fully saturated rings. The highest BCUT2D eigenvalue weighted by molar-refractivity contribution is 6.05. The lowest BCUT2D eigenvalue weighted by molar-refractivity contribution is 0.0696. The van der Waals surface area contributed by atoms with E-state index in [0.717, 1.165) is 29.7 Å². The standard InChI is InChI=1S/C24H24N4O4/c1-14-18(13-25-23(30)21-12-20(15-6-7-15)27-28(21)2)4-3-5-19(14)26-22(29)16-8-10-17(11-9-16)24(31)32/h3-5,8-12,15H,6-7,13H2,1-2H3,(H,25,30)(H,26,29)(H,31,32). The number of carbonyl (C=O) groups excluding carboxylic acids is 2. The zero-order chi connectivity index (χ0) is 22.8. The highest BCUT2D eigenvalue weighted by atomic mass is 16.4. The summed E-state index contributed by atoms with van der Waals surface area (Å²) in [6.07, 6.45) is 2.25. The minimum absolute atomic E-state index is 0.119. The van der Waals surface area contributed by atoms with Crippen molar-refractivity contribution in [2.24, 2.45) is 7.05 Å². The van der Waals surface area contributed by atoms with Gasteiger partial charge in [-0.15, -0.1) is 0 Å². The number of carboxylic acids is 1. The van der Waals surface area contributed by atoms with Crippen LogP contribution in [0, 0.1) is 6.92 Å². The Kier molecular flexibility index (Phi) is 5.77. The Morgan fingerprint density at radius 3 is 2.41 bits per heavy atom. The quantitative estimate of drug-likeness (QED) is 0.529. The molecule has 1 aliphatic rings. The van der Waals surface area contributed by atoms with E-state index in [4.69, 9.17) is 5.11 Å². The molecule has 0 unspecified atom stereocenters. The Morgan fingerprint density at radius 1 is 1.06 bits per heavy atom. The number of nitrogens with one attached hydrogen (secondary N) is 2. The van der Waals surface area contributed by atoms with Gasteiger partial charge in [0.1, 0.15) is 5.69 Å². The highest BCUT2D eigenvalue weighted by Gasteiger charge is 2.28. The molecule has 0 aliphatic heterocycles. The Hall–Kier alpha value is -3.94. The Labute approximate surface area is 185 Å². The first-order valence-electron chi connectivity index (χ1n) is 10.4. The van der Waals surface area contributed by atoms with E-state index in [1.54, 1.807) is 17.8 Å². The van der Waals surface area contributed by atoms with Gasteiger partial charge in [-0.05, 0) is 67.3 Å². The molecule has 4 rings (SSSR count). The van der Waals surface area contributed by atoms with E-state index in [-0.39, 0.29) is 17.4 Å². The maximum Gasteiger partial charge on any atom is 0.335 e. The molecule has 2 aromatic carbocycles. The monoisotopic (exact) mass is 432 g/mol. The van der Waals surface area contributed by atoms with E-state index in [1.807, 2.05) is 25.1 Å². The van der Waals surface area contributed by atoms with Crippen molar-refractivity contribution in [3.05, 3.63) is 82.2 Å². The van der Waals surface area contributed by atoms with Crippen LogP contribution in [0.1, 0.15) is 66.8 Å². The number of amides is 2. The van der Waals surface area contributed by atoms with Gasteiger partial charge in [0.05, 0.1) is 11.3 Å². The molecule has 164 valence electrons. The van der Waals surface area contributed by atoms with E-state index in [1.165, 1.54) is 24.3 Å². The van der Waals surface area contributed by atoms with Crippen LogP contribution in [0.15, 0.2) is 48.5 Å². The minimum Gasteiger partial charge on any atom is -0.478 e. The molecule has 2 amide bonds. The molecular weight excluding hydrogens is 408 g/mol. The molecule has 1 aliphatic carbocycles. The summed E-state index contributed by atoms with van der Waals surface area (Å²) in [7, 11) is 1.77. The summed E-state index contributed by atoms with van der Waals surface area (Å²) in [5, 5.41) is 19.2. The molecule has 8 heteroatoms.